The lowest BCUT2D eigenvalue weighted by Crippen LogP contribution is -2.53. The fourth-order valence-corrected chi connectivity index (χ4v) is 5.12. The molecule has 0 unspecified atom stereocenters. The van der Waals surface area contributed by atoms with Gasteiger partial charge in [-0.05, 0) is 61.9 Å². The second-order valence-electron chi connectivity index (χ2n) is 7.67. The van der Waals surface area contributed by atoms with Gasteiger partial charge < -0.3 is 10.2 Å². The van der Waals surface area contributed by atoms with Crippen LogP contribution in [-0.4, -0.2) is 22.2 Å². The molecule has 0 saturated heterocycles. The first-order valence-corrected chi connectivity index (χ1v) is 9.23. The van der Waals surface area contributed by atoms with Gasteiger partial charge in [0.15, 0.2) is 0 Å². The third kappa shape index (κ3) is 2.13. The Morgan fingerprint density at radius 3 is 3.00 bits per heavy atom. The Morgan fingerprint density at radius 1 is 1.27 bits per heavy atom. The van der Waals surface area contributed by atoms with E-state index in [0.29, 0.717) is 5.92 Å². The largest absolute Gasteiger partial charge is 0.378 e. The number of aromatic nitrogens is 1. The zero-order valence-electron chi connectivity index (χ0n) is 14.7. The molecule has 2 saturated carbocycles. The molecule has 1 aromatic heterocycles. The van der Waals surface area contributed by atoms with Gasteiger partial charge in [0.25, 0.3) is 5.91 Å². The quantitative estimate of drug-likeness (QED) is 0.923. The third-order valence-corrected chi connectivity index (χ3v) is 6.19. The summed E-state index contributed by atoms with van der Waals surface area (Å²) in [7, 11) is 0. The van der Waals surface area contributed by atoms with Crippen molar-refractivity contribution in [1.29, 1.82) is 0 Å². The highest BCUT2D eigenvalue weighted by Gasteiger charge is 2.69. The Hall–Kier alpha value is -2.69. The van der Waals surface area contributed by atoms with E-state index in [1.807, 2.05) is 49.5 Å². The van der Waals surface area contributed by atoms with E-state index in [-0.39, 0.29) is 17.7 Å². The smallest absolute Gasteiger partial charge is 0.272 e. The molecule has 1 aliphatic heterocycles. The Bertz CT molecular complexity index is 895. The van der Waals surface area contributed by atoms with Gasteiger partial charge in [-0.2, -0.15) is 0 Å². The topological polar surface area (TPSA) is 63.6 Å². The van der Waals surface area contributed by atoms with Crippen molar-refractivity contribution in [2.24, 2.45) is 22.9 Å². The molecule has 5 heteroatoms. The van der Waals surface area contributed by atoms with Gasteiger partial charge in [-0.15, -0.1) is 0 Å². The van der Waals surface area contributed by atoms with Crippen molar-refractivity contribution in [1.82, 2.24) is 4.98 Å². The second kappa shape index (κ2) is 5.66. The number of hydrogen-bond donors (Lipinski definition) is 1. The third-order valence-electron chi connectivity index (χ3n) is 6.19. The average molecular weight is 347 g/mol. The summed E-state index contributed by atoms with van der Waals surface area (Å²) in [6.45, 7) is 2.02. The number of benzene rings is 1. The minimum absolute atomic E-state index is 0.00950. The number of rotatable bonds is 3. The van der Waals surface area contributed by atoms with Crippen molar-refractivity contribution in [2.45, 2.75) is 31.8 Å². The molecule has 132 valence electrons. The number of aryl methyl sites for hydroxylation is 1. The van der Waals surface area contributed by atoms with E-state index in [4.69, 9.17) is 4.84 Å². The highest BCUT2D eigenvalue weighted by molar-refractivity contribution is 6.10. The Morgan fingerprint density at radius 2 is 2.19 bits per heavy atom. The van der Waals surface area contributed by atoms with E-state index in [9.17, 15) is 4.79 Å². The van der Waals surface area contributed by atoms with Crippen molar-refractivity contribution in [2.75, 3.05) is 5.32 Å². The molecule has 26 heavy (non-hydrogen) atoms. The van der Waals surface area contributed by atoms with Crippen LogP contribution in [0.1, 0.15) is 30.4 Å². The minimum atomic E-state index is -0.877. The summed E-state index contributed by atoms with van der Waals surface area (Å²) in [6, 6.07) is 11.8. The van der Waals surface area contributed by atoms with Gasteiger partial charge >= 0.3 is 0 Å². The predicted octanol–water partition coefficient (Wildman–Crippen LogP) is 3.55. The van der Waals surface area contributed by atoms with Crippen LogP contribution in [0.4, 0.5) is 5.69 Å². The van der Waals surface area contributed by atoms with E-state index in [1.54, 1.807) is 6.20 Å². The molecule has 2 bridgehead atoms. The lowest BCUT2D eigenvalue weighted by Gasteiger charge is -2.35. The molecule has 5 rings (SSSR count). The van der Waals surface area contributed by atoms with Crippen molar-refractivity contribution in [3.8, 4) is 0 Å². The first-order valence-electron chi connectivity index (χ1n) is 9.23. The van der Waals surface area contributed by atoms with E-state index >= 15 is 0 Å². The summed E-state index contributed by atoms with van der Waals surface area (Å²) in [4.78, 5) is 23.6. The van der Waals surface area contributed by atoms with Crippen LogP contribution >= 0.6 is 0 Å². The molecule has 1 amide bonds. The van der Waals surface area contributed by atoms with Crippen LogP contribution in [-0.2, 0) is 9.63 Å². The second-order valence-corrected chi connectivity index (χ2v) is 7.67. The van der Waals surface area contributed by atoms with Crippen LogP contribution in [0, 0.1) is 24.7 Å². The molecule has 2 fully saturated rings. The molecule has 5 nitrogen and oxygen atoms in total. The van der Waals surface area contributed by atoms with Crippen molar-refractivity contribution in [3.05, 3.63) is 59.9 Å². The molecule has 0 spiro atoms. The molecule has 2 heterocycles. The zero-order chi connectivity index (χ0) is 17.7. The summed E-state index contributed by atoms with van der Waals surface area (Å²) in [5.74, 6) is 0.614. The molecular formula is C21H21N3O2. The number of fused-ring (bicyclic) bond motifs is 5. The SMILES string of the molecule is Cc1cccc(NC(=O)[C@]23ON=C(c4cccnc4)[C@H]2[C@@H]2CC[C@H]3C2)c1. The maximum Gasteiger partial charge on any atom is 0.272 e. The van der Waals surface area contributed by atoms with Crippen LogP contribution in [0.5, 0.6) is 0 Å². The average Bonchev–Trinajstić information content (AvgIpc) is 3.34. The number of carbonyl (C=O) groups is 1. The van der Waals surface area contributed by atoms with Crippen LogP contribution in [0.3, 0.4) is 0 Å². The van der Waals surface area contributed by atoms with Gasteiger partial charge in [0.2, 0.25) is 5.60 Å². The minimum Gasteiger partial charge on any atom is -0.378 e. The normalized spacial score (nSPS) is 31.3. The Balaban J connectivity index is 1.50. The number of oxime groups is 1. The van der Waals surface area contributed by atoms with E-state index in [1.165, 1.54) is 0 Å². The van der Waals surface area contributed by atoms with Gasteiger partial charge in [-0.3, -0.25) is 9.78 Å². The molecule has 2 aromatic rings. The fraction of sp³-hybridized carbons (Fsp3) is 0.381. The standard InChI is InChI=1S/C21H21N3O2/c1-13-4-2-6-17(10-13)23-20(25)21-16-8-7-14(11-16)18(21)19(24-26-21)15-5-3-9-22-12-15/h2-6,9-10,12,14,16,18H,7-8,11H2,1H3,(H,23,25)/t14-,16+,18-,21-/m1/s1. The Labute approximate surface area is 152 Å². The van der Waals surface area contributed by atoms with Gasteiger partial charge in [-0.25, -0.2) is 0 Å². The Kier molecular flexibility index (Phi) is 3.39. The molecule has 0 radical (unpaired) electrons. The monoisotopic (exact) mass is 347 g/mol. The van der Waals surface area contributed by atoms with E-state index < -0.39 is 5.60 Å². The number of pyridine rings is 1. The van der Waals surface area contributed by atoms with E-state index in [0.717, 1.165) is 41.8 Å². The molecule has 1 N–H and O–H groups in total. The maximum atomic E-state index is 13.4. The van der Waals surface area contributed by atoms with Gasteiger partial charge in [0.05, 0.1) is 11.6 Å². The molecule has 1 aromatic carbocycles. The number of carbonyl (C=O) groups excluding carboxylic acids is 1. The lowest BCUT2D eigenvalue weighted by atomic mass is 9.72. The number of anilines is 1. The van der Waals surface area contributed by atoms with E-state index in [2.05, 4.69) is 15.5 Å². The summed E-state index contributed by atoms with van der Waals surface area (Å²) in [6.07, 6.45) is 6.75. The zero-order valence-corrected chi connectivity index (χ0v) is 14.7. The maximum absolute atomic E-state index is 13.4. The molecule has 3 aliphatic rings. The summed E-state index contributed by atoms with van der Waals surface area (Å²) in [5, 5.41) is 7.49. The van der Waals surface area contributed by atoms with Crippen molar-refractivity contribution in [3.63, 3.8) is 0 Å². The van der Waals surface area contributed by atoms with Crippen LogP contribution in [0.15, 0.2) is 53.9 Å². The number of hydrogen-bond acceptors (Lipinski definition) is 4. The number of nitrogens with one attached hydrogen (secondary N) is 1. The van der Waals surface area contributed by atoms with Crippen LogP contribution in [0.2, 0.25) is 0 Å². The van der Waals surface area contributed by atoms with Crippen LogP contribution in [0.25, 0.3) is 0 Å². The molecule has 2 aliphatic carbocycles. The highest BCUT2D eigenvalue weighted by Crippen LogP contribution is 2.60. The first kappa shape index (κ1) is 15.6. The van der Waals surface area contributed by atoms with Gasteiger partial charge in [0.1, 0.15) is 0 Å². The number of amides is 1. The first-order chi connectivity index (χ1) is 12.7. The van der Waals surface area contributed by atoms with Gasteiger partial charge in [-0.1, -0.05) is 17.3 Å². The van der Waals surface area contributed by atoms with Gasteiger partial charge in [0, 0.05) is 29.6 Å². The van der Waals surface area contributed by atoms with Crippen molar-refractivity contribution < 1.29 is 9.63 Å². The summed E-state index contributed by atoms with van der Waals surface area (Å²) < 4.78 is 0. The van der Waals surface area contributed by atoms with Crippen LogP contribution < -0.4 is 5.32 Å². The number of nitrogens with zero attached hydrogens (tertiary/aromatic N) is 2. The van der Waals surface area contributed by atoms with Crippen molar-refractivity contribution >= 4 is 17.3 Å². The summed E-state index contributed by atoms with van der Waals surface area (Å²) in [5.41, 5.74) is 2.88. The fourth-order valence-electron chi connectivity index (χ4n) is 5.12. The predicted molar refractivity (Wildman–Crippen MR) is 98.7 cm³/mol. The molecule has 4 atom stereocenters. The molecular weight excluding hydrogens is 326 g/mol. The highest BCUT2D eigenvalue weighted by atomic mass is 16.7. The lowest BCUT2D eigenvalue weighted by molar-refractivity contribution is -0.149. The summed E-state index contributed by atoms with van der Waals surface area (Å²) >= 11 is 0.